The summed E-state index contributed by atoms with van der Waals surface area (Å²) in [5.41, 5.74) is 4.23. The van der Waals surface area contributed by atoms with Crippen molar-refractivity contribution < 1.29 is 14.1 Å². The van der Waals surface area contributed by atoms with Crippen LogP contribution in [0.5, 0.6) is 5.75 Å². The molecule has 0 saturated carbocycles. The molecule has 1 N–H and O–H groups in total. The van der Waals surface area contributed by atoms with Gasteiger partial charge in [-0.2, -0.15) is 0 Å². The first-order valence-electron chi connectivity index (χ1n) is 9.50. The van der Waals surface area contributed by atoms with E-state index in [4.69, 9.17) is 9.26 Å². The van der Waals surface area contributed by atoms with Crippen LogP contribution in [0.3, 0.4) is 0 Å². The van der Waals surface area contributed by atoms with Crippen LogP contribution in [0.25, 0.3) is 0 Å². The number of rotatable bonds is 7. The summed E-state index contributed by atoms with van der Waals surface area (Å²) in [6.45, 7) is 8.10. The summed E-state index contributed by atoms with van der Waals surface area (Å²) in [4.78, 5) is 12.9. The Hall–Kier alpha value is -3.08. The van der Waals surface area contributed by atoms with E-state index in [1.165, 1.54) is 5.56 Å². The maximum atomic E-state index is 12.9. The third-order valence-corrected chi connectivity index (χ3v) is 4.82. The van der Waals surface area contributed by atoms with Gasteiger partial charge in [-0.25, -0.2) is 0 Å². The van der Waals surface area contributed by atoms with E-state index in [1.807, 2.05) is 63.2 Å². The van der Waals surface area contributed by atoms with Crippen LogP contribution in [0.15, 0.2) is 53.1 Å². The summed E-state index contributed by atoms with van der Waals surface area (Å²) in [6.07, 6.45) is 0.779. The minimum Gasteiger partial charge on any atom is -0.488 e. The largest absolute Gasteiger partial charge is 0.488 e. The molecular weight excluding hydrogens is 352 g/mol. The van der Waals surface area contributed by atoms with Crippen molar-refractivity contribution in [2.75, 3.05) is 0 Å². The molecule has 1 heterocycles. The van der Waals surface area contributed by atoms with Crippen LogP contribution in [0.2, 0.25) is 0 Å². The first kappa shape index (κ1) is 19.7. The summed E-state index contributed by atoms with van der Waals surface area (Å²) < 4.78 is 11.2. The van der Waals surface area contributed by atoms with Crippen LogP contribution in [0.4, 0.5) is 0 Å². The zero-order chi connectivity index (χ0) is 20.1. The van der Waals surface area contributed by atoms with Gasteiger partial charge in [0.1, 0.15) is 18.1 Å². The Morgan fingerprint density at radius 2 is 1.89 bits per heavy atom. The molecule has 3 rings (SSSR count). The number of hydrogen-bond acceptors (Lipinski definition) is 4. The second kappa shape index (κ2) is 8.74. The highest BCUT2D eigenvalue weighted by Gasteiger charge is 2.23. The number of hydrogen-bond donors (Lipinski definition) is 1. The number of carbonyl (C=O) groups excluding carboxylic acids is 1. The molecule has 1 unspecified atom stereocenters. The summed E-state index contributed by atoms with van der Waals surface area (Å²) >= 11 is 0. The Balaban J connectivity index is 1.75. The Kier molecular flexibility index (Phi) is 6.14. The maximum Gasteiger partial charge on any atom is 0.274 e. The zero-order valence-corrected chi connectivity index (χ0v) is 16.8. The highest BCUT2D eigenvalue weighted by molar-refractivity contribution is 5.94. The molecule has 3 aromatic rings. The van der Waals surface area contributed by atoms with Gasteiger partial charge in [-0.1, -0.05) is 60.1 Å². The molecule has 0 saturated heterocycles. The molecular formula is C23H26N2O3. The van der Waals surface area contributed by atoms with Crippen LogP contribution >= 0.6 is 0 Å². The molecule has 0 bridgehead atoms. The minimum atomic E-state index is -0.258. The third kappa shape index (κ3) is 4.42. The fourth-order valence-corrected chi connectivity index (χ4v) is 3.18. The van der Waals surface area contributed by atoms with Crippen molar-refractivity contribution in [2.45, 2.75) is 46.8 Å². The fourth-order valence-electron chi connectivity index (χ4n) is 3.18. The lowest BCUT2D eigenvalue weighted by Gasteiger charge is -2.17. The van der Waals surface area contributed by atoms with E-state index in [9.17, 15) is 4.79 Å². The Morgan fingerprint density at radius 1 is 1.14 bits per heavy atom. The zero-order valence-electron chi connectivity index (χ0n) is 16.8. The molecule has 0 radical (unpaired) electrons. The van der Waals surface area contributed by atoms with Crippen molar-refractivity contribution in [3.63, 3.8) is 0 Å². The number of ether oxygens (including phenoxy) is 1. The number of aryl methyl sites for hydroxylation is 3. The molecule has 146 valence electrons. The highest BCUT2D eigenvalue weighted by atomic mass is 16.5. The second-order valence-corrected chi connectivity index (χ2v) is 6.97. The lowest BCUT2D eigenvalue weighted by atomic mass is 10.0. The van der Waals surface area contributed by atoms with Crippen molar-refractivity contribution in [2.24, 2.45) is 0 Å². The maximum absolute atomic E-state index is 12.9. The Bertz CT molecular complexity index is 948. The highest BCUT2D eigenvalue weighted by Crippen LogP contribution is 2.23. The number of amides is 1. The van der Waals surface area contributed by atoms with Crippen molar-refractivity contribution >= 4 is 5.91 Å². The molecule has 28 heavy (non-hydrogen) atoms. The third-order valence-electron chi connectivity index (χ3n) is 4.82. The van der Waals surface area contributed by atoms with Crippen LogP contribution in [-0.2, 0) is 6.61 Å². The van der Waals surface area contributed by atoms with E-state index >= 15 is 0 Å². The standard InChI is InChI=1S/C23H26N2O3/c1-5-20(18-9-7-6-8-10-18)24-23(26)22-19(17(4)28-25-22)14-27-21-12-11-15(2)13-16(21)3/h6-13,20H,5,14H2,1-4H3,(H,24,26). The number of nitrogens with zero attached hydrogens (tertiary/aromatic N) is 1. The number of aromatic nitrogens is 1. The van der Waals surface area contributed by atoms with Gasteiger partial charge in [-0.3, -0.25) is 4.79 Å². The topological polar surface area (TPSA) is 64.4 Å². The van der Waals surface area contributed by atoms with Gasteiger partial charge in [0, 0.05) is 0 Å². The van der Waals surface area contributed by atoms with Crippen LogP contribution in [0.1, 0.15) is 57.9 Å². The van der Waals surface area contributed by atoms with Gasteiger partial charge in [0.05, 0.1) is 11.6 Å². The predicted molar refractivity (Wildman–Crippen MR) is 108 cm³/mol. The molecule has 0 aliphatic heterocycles. The van der Waals surface area contributed by atoms with Crippen molar-refractivity contribution in [1.82, 2.24) is 10.5 Å². The van der Waals surface area contributed by atoms with Crippen LogP contribution in [0, 0.1) is 20.8 Å². The van der Waals surface area contributed by atoms with Gasteiger partial charge >= 0.3 is 0 Å². The molecule has 1 aromatic heterocycles. The number of nitrogens with one attached hydrogen (secondary N) is 1. The van der Waals surface area contributed by atoms with Crippen molar-refractivity contribution in [1.29, 1.82) is 0 Å². The molecule has 1 amide bonds. The van der Waals surface area contributed by atoms with Gasteiger partial charge in [-0.15, -0.1) is 0 Å². The van der Waals surface area contributed by atoms with E-state index in [0.29, 0.717) is 11.3 Å². The normalized spacial score (nSPS) is 11.9. The summed E-state index contributed by atoms with van der Waals surface area (Å²) in [5.74, 6) is 1.11. The van der Waals surface area contributed by atoms with Crippen LogP contribution in [-0.4, -0.2) is 11.1 Å². The second-order valence-electron chi connectivity index (χ2n) is 6.97. The van der Waals surface area contributed by atoms with Crippen molar-refractivity contribution in [3.05, 3.63) is 82.2 Å². The Labute approximate surface area is 165 Å². The molecule has 0 aliphatic carbocycles. The molecule has 0 fully saturated rings. The SMILES string of the molecule is CCC(NC(=O)c1noc(C)c1COc1ccc(C)cc1C)c1ccccc1. The lowest BCUT2D eigenvalue weighted by Crippen LogP contribution is -2.29. The monoisotopic (exact) mass is 378 g/mol. The first-order chi connectivity index (χ1) is 13.5. The summed E-state index contributed by atoms with van der Waals surface area (Å²) in [7, 11) is 0. The summed E-state index contributed by atoms with van der Waals surface area (Å²) in [5, 5.41) is 7.03. The number of benzene rings is 2. The first-order valence-corrected chi connectivity index (χ1v) is 9.50. The molecule has 1 atom stereocenters. The predicted octanol–water partition coefficient (Wildman–Crippen LogP) is 5.06. The van der Waals surface area contributed by atoms with Gasteiger partial charge in [0.2, 0.25) is 0 Å². The van der Waals surface area contributed by atoms with Gasteiger partial charge in [0.15, 0.2) is 5.69 Å². The Morgan fingerprint density at radius 3 is 2.57 bits per heavy atom. The van der Waals surface area contributed by atoms with E-state index in [2.05, 4.69) is 16.5 Å². The summed E-state index contributed by atoms with van der Waals surface area (Å²) in [6, 6.07) is 15.8. The molecule has 0 aliphatic rings. The minimum absolute atomic E-state index is 0.0844. The molecule has 5 nitrogen and oxygen atoms in total. The molecule has 0 spiro atoms. The van der Waals surface area contributed by atoms with E-state index in [-0.39, 0.29) is 24.2 Å². The molecule has 2 aromatic carbocycles. The smallest absolute Gasteiger partial charge is 0.274 e. The molecule has 5 heteroatoms. The van der Waals surface area contributed by atoms with Gasteiger partial charge in [0.25, 0.3) is 5.91 Å². The average molecular weight is 378 g/mol. The van der Waals surface area contributed by atoms with Gasteiger partial charge in [-0.05, 0) is 44.4 Å². The quantitative estimate of drug-likeness (QED) is 0.624. The van der Waals surface area contributed by atoms with E-state index in [1.54, 1.807) is 6.92 Å². The van der Waals surface area contributed by atoms with Crippen molar-refractivity contribution in [3.8, 4) is 5.75 Å². The fraction of sp³-hybridized carbons (Fsp3) is 0.304. The van der Waals surface area contributed by atoms with E-state index in [0.717, 1.165) is 23.3 Å². The average Bonchev–Trinajstić information content (AvgIpc) is 3.06. The van der Waals surface area contributed by atoms with Gasteiger partial charge < -0.3 is 14.6 Å². The number of carbonyl (C=O) groups is 1. The van der Waals surface area contributed by atoms with Crippen LogP contribution < -0.4 is 10.1 Å². The van der Waals surface area contributed by atoms with E-state index < -0.39 is 0 Å². The lowest BCUT2D eigenvalue weighted by molar-refractivity contribution is 0.0924.